The van der Waals surface area contributed by atoms with E-state index in [1.807, 2.05) is 4.57 Å². The highest BCUT2D eigenvalue weighted by Crippen LogP contribution is 2.20. The lowest BCUT2D eigenvalue weighted by molar-refractivity contribution is -0.139. The van der Waals surface area contributed by atoms with Crippen LogP contribution in [0.5, 0.6) is 0 Å². The fraction of sp³-hybridized carbons (Fsp3) is 0.333. The molecular weight excluding hydrogens is 294 g/mol. The summed E-state index contributed by atoms with van der Waals surface area (Å²) in [5.41, 5.74) is 0. The third-order valence-electron chi connectivity index (χ3n) is 3.27. The number of hydrogen-bond acceptors (Lipinski definition) is 5. The number of aliphatic carboxylic acids is 1. The van der Waals surface area contributed by atoms with Gasteiger partial charge >= 0.3 is 12.0 Å². The minimum absolute atomic E-state index is 0.322. The van der Waals surface area contributed by atoms with Crippen LogP contribution in [0, 0.1) is 0 Å². The highest BCUT2D eigenvalue weighted by atomic mass is 32.1. The molecule has 2 N–H and O–H groups in total. The normalized spacial score (nSPS) is 15.3. The van der Waals surface area contributed by atoms with Crippen LogP contribution in [0.2, 0.25) is 0 Å². The number of thiophene rings is 1. The number of carbonyl (C=O) groups is 2. The van der Waals surface area contributed by atoms with Gasteiger partial charge in [0, 0.05) is 18.0 Å². The molecule has 1 atom stereocenters. The number of amides is 2. The molecule has 0 spiro atoms. The molecular formula is C12H13N5O3S. The molecule has 8 nitrogen and oxygen atoms in total. The van der Waals surface area contributed by atoms with Gasteiger partial charge in [-0.3, -0.25) is 0 Å². The van der Waals surface area contributed by atoms with Gasteiger partial charge in [-0.1, -0.05) is 6.07 Å². The van der Waals surface area contributed by atoms with Crippen LogP contribution in [0.1, 0.15) is 16.7 Å². The van der Waals surface area contributed by atoms with Crippen LogP contribution in [0.4, 0.5) is 4.79 Å². The van der Waals surface area contributed by atoms with Crippen molar-refractivity contribution >= 4 is 23.3 Å². The number of nitrogens with one attached hydrogen (secondary N) is 1. The zero-order valence-corrected chi connectivity index (χ0v) is 11.8. The van der Waals surface area contributed by atoms with Gasteiger partial charge in [0.15, 0.2) is 11.9 Å². The number of rotatable bonds is 3. The van der Waals surface area contributed by atoms with Gasteiger partial charge in [-0.2, -0.15) is 0 Å². The van der Waals surface area contributed by atoms with Crippen molar-refractivity contribution < 1.29 is 14.7 Å². The molecule has 0 aromatic carbocycles. The fourth-order valence-corrected chi connectivity index (χ4v) is 2.93. The smallest absolute Gasteiger partial charge is 0.331 e. The number of fused-ring (bicyclic) bond motifs is 1. The van der Waals surface area contributed by atoms with E-state index in [0.717, 1.165) is 0 Å². The topological polar surface area (TPSA) is 100 Å². The molecule has 2 amide bonds. The van der Waals surface area contributed by atoms with Gasteiger partial charge in [0.05, 0.1) is 6.54 Å². The van der Waals surface area contributed by atoms with Crippen molar-refractivity contribution in [3.05, 3.63) is 34.5 Å². The van der Waals surface area contributed by atoms with Crippen molar-refractivity contribution in [1.82, 2.24) is 25.0 Å². The van der Waals surface area contributed by atoms with Gasteiger partial charge in [-0.05, 0) is 11.4 Å². The lowest BCUT2D eigenvalue weighted by Gasteiger charge is -2.28. The van der Waals surface area contributed by atoms with E-state index >= 15 is 0 Å². The number of nitrogens with zero attached hydrogens (tertiary/aromatic N) is 4. The number of carboxylic acids is 1. The summed E-state index contributed by atoms with van der Waals surface area (Å²) < 4.78 is 1.87. The van der Waals surface area contributed by atoms with Crippen molar-refractivity contribution in [2.45, 2.75) is 19.1 Å². The Hall–Kier alpha value is -2.42. The van der Waals surface area contributed by atoms with Gasteiger partial charge in [-0.25, -0.2) is 9.59 Å². The Kier molecular flexibility index (Phi) is 3.57. The van der Waals surface area contributed by atoms with Crippen LogP contribution in [0.25, 0.3) is 0 Å². The molecule has 0 fully saturated rings. The van der Waals surface area contributed by atoms with Gasteiger partial charge in [-0.15, -0.1) is 21.5 Å². The predicted molar refractivity (Wildman–Crippen MR) is 73.7 cm³/mol. The maximum atomic E-state index is 12.2. The summed E-state index contributed by atoms with van der Waals surface area (Å²) in [7, 11) is 0. The van der Waals surface area contributed by atoms with Crippen LogP contribution in [0.15, 0.2) is 23.8 Å². The molecule has 1 aliphatic rings. The average Bonchev–Trinajstić information content (AvgIpc) is 3.14. The van der Waals surface area contributed by atoms with Crippen molar-refractivity contribution in [1.29, 1.82) is 0 Å². The largest absolute Gasteiger partial charge is 0.479 e. The first-order valence-electron chi connectivity index (χ1n) is 6.33. The van der Waals surface area contributed by atoms with Crippen LogP contribution in [-0.4, -0.2) is 43.3 Å². The lowest BCUT2D eigenvalue weighted by Crippen LogP contribution is -2.46. The summed E-state index contributed by atoms with van der Waals surface area (Å²) >= 11 is 1.30. The maximum Gasteiger partial charge on any atom is 0.331 e. The van der Waals surface area contributed by atoms with Crippen LogP contribution < -0.4 is 5.32 Å². The SMILES string of the molecule is O=C(O)C(NC(=O)N1CCn2cnnc2C1)c1cccs1. The van der Waals surface area contributed by atoms with Crippen molar-refractivity contribution in [2.75, 3.05) is 6.54 Å². The second-order valence-corrected chi connectivity index (χ2v) is 5.58. The fourth-order valence-electron chi connectivity index (χ4n) is 2.16. The van der Waals surface area contributed by atoms with Gasteiger partial charge in [0.25, 0.3) is 0 Å². The summed E-state index contributed by atoms with van der Waals surface area (Å²) in [4.78, 5) is 25.7. The third-order valence-corrected chi connectivity index (χ3v) is 4.21. The van der Waals surface area contributed by atoms with E-state index < -0.39 is 18.0 Å². The molecule has 9 heteroatoms. The first-order chi connectivity index (χ1) is 10.1. The Balaban J connectivity index is 1.70. The monoisotopic (exact) mass is 307 g/mol. The number of urea groups is 1. The molecule has 2 aromatic heterocycles. The second kappa shape index (κ2) is 5.52. The number of hydrogen-bond donors (Lipinski definition) is 2. The summed E-state index contributed by atoms with van der Waals surface area (Å²) in [5.74, 6) is -0.384. The Morgan fingerprint density at radius 1 is 1.43 bits per heavy atom. The van der Waals surface area contributed by atoms with Gasteiger partial charge in [0.2, 0.25) is 0 Å². The zero-order valence-electron chi connectivity index (χ0n) is 11.0. The Bertz CT molecular complexity index is 654. The van der Waals surface area contributed by atoms with E-state index in [4.69, 9.17) is 0 Å². The molecule has 110 valence electrons. The number of carboxylic acid groups (broad SMARTS) is 1. The highest BCUT2D eigenvalue weighted by Gasteiger charge is 2.28. The molecule has 1 unspecified atom stereocenters. The lowest BCUT2D eigenvalue weighted by atomic mass is 10.2. The molecule has 3 rings (SSSR count). The van der Waals surface area contributed by atoms with Crippen LogP contribution >= 0.6 is 11.3 Å². The van der Waals surface area contributed by atoms with E-state index in [9.17, 15) is 14.7 Å². The number of aromatic nitrogens is 3. The second-order valence-electron chi connectivity index (χ2n) is 4.60. The van der Waals surface area contributed by atoms with Crippen LogP contribution in [-0.2, 0) is 17.9 Å². The van der Waals surface area contributed by atoms with Crippen molar-refractivity contribution in [2.24, 2.45) is 0 Å². The Labute approximate surface area is 124 Å². The third kappa shape index (κ3) is 2.72. The van der Waals surface area contributed by atoms with Crippen molar-refractivity contribution in [3.63, 3.8) is 0 Å². The standard InChI is InChI=1S/C12H13N5O3S/c18-11(19)10(8-2-1-5-21-8)14-12(20)16-3-4-17-7-13-15-9(17)6-16/h1-2,5,7,10H,3-4,6H2,(H,14,20)(H,18,19). The van der Waals surface area contributed by atoms with E-state index in [0.29, 0.717) is 30.3 Å². The minimum Gasteiger partial charge on any atom is -0.479 e. The molecule has 1 aliphatic heterocycles. The van der Waals surface area contributed by atoms with Gasteiger partial charge < -0.3 is 19.9 Å². The van der Waals surface area contributed by atoms with Crippen molar-refractivity contribution in [3.8, 4) is 0 Å². The molecule has 21 heavy (non-hydrogen) atoms. The Morgan fingerprint density at radius 3 is 3.00 bits per heavy atom. The van der Waals surface area contributed by atoms with Gasteiger partial charge in [0.1, 0.15) is 6.33 Å². The summed E-state index contributed by atoms with van der Waals surface area (Å²) in [6, 6.07) is 2.00. The molecule has 0 saturated carbocycles. The number of carbonyl (C=O) groups excluding carboxylic acids is 1. The summed E-state index contributed by atoms with van der Waals surface area (Å²) in [6.07, 6.45) is 1.62. The first-order valence-corrected chi connectivity index (χ1v) is 7.21. The highest BCUT2D eigenvalue weighted by molar-refractivity contribution is 7.10. The zero-order chi connectivity index (χ0) is 14.8. The summed E-state index contributed by atoms with van der Waals surface area (Å²) in [6.45, 7) is 1.42. The quantitative estimate of drug-likeness (QED) is 0.869. The van der Waals surface area contributed by atoms with E-state index in [-0.39, 0.29) is 0 Å². The van der Waals surface area contributed by atoms with E-state index in [2.05, 4.69) is 15.5 Å². The molecule has 0 radical (unpaired) electrons. The first kappa shape index (κ1) is 13.6. The average molecular weight is 307 g/mol. The van der Waals surface area contributed by atoms with E-state index in [1.165, 1.54) is 16.2 Å². The Morgan fingerprint density at radius 2 is 2.29 bits per heavy atom. The molecule has 0 saturated heterocycles. The molecule has 0 bridgehead atoms. The summed E-state index contributed by atoms with van der Waals surface area (Å²) in [5, 5.41) is 21.3. The van der Waals surface area contributed by atoms with Crippen LogP contribution in [0.3, 0.4) is 0 Å². The molecule has 2 aromatic rings. The van der Waals surface area contributed by atoms with E-state index in [1.54, 1.807) is 23.8 Å². The molecule has 0 aliphatic carbocycles. The maximum absolute atomic E-state index is 12.2. The molecule has 3 heterocycles. The predicted octanol–water partition coefficient (Wildman–Crippen LogP) is 0.691. The minimum atomic E-state index is -1.08.